The molecule has 0 saturated carbocycles. The summed E-state index contributed by atoms with van der Waals surface area (Å²) in [5, 5.41) is 2.29. The molecule has 6 heteroatoms. The van der Waals surface area contributed by atoms with Crippen molar-refractivity contribution >= 4 is 17.8 Å². The van der Waals surface area contributed by atoms with E-state index in [9.17, 15) is 14.4 Å². The summed E-state index contributed by atoms with van der Waals surface area (Å²) in [5.74, 6) is -1.35. The molecule has 1 aromatic carbocycles. The first-order valence-corrected chi connectivity index (χ1v) is 11.3. The van der Waals surface area contributed by atoms with Crippen LogP contribution in [-0.4, -0.2) is 31.0 Å². The Kier molecular flexibility index (Phi) is 14.6. The van der Waals surface area contributed by atoms with Gasteiger partial charge in [-0.05, 0) is 24.5 Å². The van der Waals surface area contributed by atoms with E-state index in [-0.39, 0.29) is 6.61 Å². The summed E-state index contributed by atoms with van der Waals surface area (Å²) >= 11 is 0. The van der Waals surface area contributed by atoms with E-state index in [1.54, 1.807) is 6.08 Å². The van der Waals surface area contributed by atoms with E-state index in [0.29, 0.717) is 0 Å². The molecular weight excluding hydrogens is 394 g/mol. The lowest BCUT2D eigenvalue weighted by Gasteiger charge is -2.14. The Morgan fingerprint density at radius 1 is 0.935 bits per heavy atom. The molecule has 1 aromatic rings. The van der Waals surface area contributed by atoms with Crippen molar-refractivity contribution in [1.29, 1.82) is 0 Å². The van der Waals surface area contributed by atoms with Crippen LogP contribution >= 0.6 is 0 Å². The first-order chi connectivity index (χ1) is 15.1. The normalized spacial score (nSPS) is 11.8. The number of nitrogens with one attached hydrogen (secondary N) is 1. The van der Waals surface area contributed by atoms with Gasteiger partial charge < -0.3 is 14.8 Å². The van der Waals surface area contributed by atoms with Crippen LogP contribution in [0.5, 0.6) is 0 Å². The Labute approximate surface area is 186 Å². The van der Waals surface area contributed by atoms with Crippen LogP contribution in [0, 0.1) is 0 Å². The molecule has 1 rings (SSSR count). The number of carbonyl (C=O) groups excluding carboxylic acids is 3. The molecule has 1 atom stereocenters. The number of alkyl carbamates (subject to hydrolysis) is 1. The molecule has 6 nitrogen and oxygen atoms in total. The molecule has 0 heterocycles. The number of unbranched alkanes of at least 4 members (excludes halogenated alkanes) is 9. The van der Waals surface area contributed by atoms with Crippen molar-refractivity contribution < 1.29 is 23.9 Å². The van der Waals surface area contributed by atoms with Crippen molar-refractivity contribution in [3.63, 3.8) is 0 Å². The molecule has 0 aliphatic carbocycles. The van der Waals surface area contributed by atoms with Gasteiger partial charge in [-0.3, -0.25) is 4.79 Å². The van der Waals surface area contributed by atoms with Gasteiger partial charge in [0.05, 0.1) is 7.11 Å². The molecule has 31 heavy (non-hydrogen) atoms. The standard InChI is InChI=1S/C25H37NO5/c1-3-4-5-6-7-8-9-10-11-12-16-19-22(27)23(24(28)30-2)26-25(29)31-20-21-17-14-13-15-18-21/h13-19,23H,3-12,20H2,1-2H3,(H,26,29). The molecule has 0 fully saturated rings. The van der Waals surface area contributed by atoms with Gasteiger partial charge in [-0.15, -0.1) is 0 Å². The molecular formula is C25H37NO5. The average Bonchev–Trinajstić information content (AvgIpc) is 2.79. The lowest BCUT2D eigenvalue weighted by atomic mass is 10.1. The minimum Gasteiger partial charge on any atom is -0.467 e. The summed E-state index contributed by atoms with van der Waals surface area (Å²) < 4.78 is 9.72. The topological polar surface area (TPSA) is 81.7 Å². The fraction of sp³-hybridized carbons (Fsp3) is 0.560. The van der Waals surface area contributed by atoms with E-state index in [0.717, 1.165) is 24.8 Å². The predicted octanol–water partition coefficient (Wildman–Crippen LogP) is 5.50. The van der Waals surface area contributed by atoms with Gasteiger partial charge in [0.2, 0.25) is 0 Å². The Morgan fingerprint density at radius 3 is 2.16 bits per heavy atom. The highest BCUT2D eigenvalue weighted by Crippen LogP contribution is 2.10. The quantitative estimate of drug-likeness (QED) is 0.162. The highest BCUT2D eigenvalue weighted by molar-refractivity contribution is 6.10. The second-order valence-electron chi connectivity index (χ2n) is 7.58. The first kappa shape index (κ1) is 26.4. The fourth-order valence-corrected chi connectivity index (χ4v) is 3.12. The van der Waals surface area contributed by atoms with Crippen LogP contribution in [0.1, 0.15) is 76.7 Å². The van der Waals surface area contributed by atoms with Gasteiger partial charge in [-0.2, -0.15) is 0 Å². The zero-order valence-corrected chi connectivity index (χ0v) is 18.9. The van der Waals surface area contributed by atoms with Gasteiger partial charge in [0, 0.05) is 0 Å². The van der Waals surface area contributed by atoms with Crippen molar-refractivity contribution in [3.8, 4) is 0 Å². The van der Waals surface area contributed by atoms with Gasteiger partial charge in [0.25, 0.3) is 0 Å². The number of carbonyl (C=O) groups is 3. The number of hydrogen-bond donors (Lipinski definition) is 1. The van der Waals surface area contributed by atoms with Gasteiger partial charge in [-0.25, -0.2) is 9.59 Å². The Morgan fingerprint density at radius 2 is 1.55 bits per heavy atom. The maximum Gasteiger partial charge on any atom is 0.408 e. The van der Waals surface area contributed by atoms with E-state index in [1.807, 2.05) is 30.3 Å². The highest BCUT2D eigenvalue weighted by atomic mass is 16.6. The average molecular weight is 432 g/mol. The van der Waals surface area contributed by atoms with E-state index in [4.69, 9.17) is 4.74 Å². The van der Waals surface area contributed by atoms with E-state index < -0.39 is 23.9 Å². The second kappa shape index (κ2) is 17.1. The molecule has 0 saturated heterocycles. The second-order valence-corrected chi connectivity index (χ2v) is 7.58. The van der Waals surface area contributed by atoms with E-state index >= 15 is 0 Å². The van der Waals surface area contributed by atoms with Crippen LogP contribution < -0.4 is 5.32 Å². The van der Waals surface area contributed by atoms with Crippen LogP contribution in [-0.2, 0) is 25.7 Å². The van der Waals surface area contributed by atoms with Crippen molar-refractivity contribution in [3.05, 3.63) is 48.0 Å². The zero-order valence-electron chi connectivity index (χ0n) is 18.9. The van der Waals surface area contributed by atoms with Crippen LogP contribution in [0.3, 0.4) is 0 Å². The first-order valence-electron chi connectivity index (χ1n) is 11.3. The van der Waals surface area contributed by atoms with Gasteiger partial charge >= 0.3 is 12.1 Å². The minimum absolute atomic E-state index is 0.0448. The number of benzene rings is 1. The van der Waals surface area contributed by atoms with Crippen molar-refractivity contribution in [2.24, 2.45) is 0 Å². The lowest BCUT2D eigenvalue weighted by Crippen LogP contribution is -2.46. The molecule has 0 spiro atoms. The minimum atomic E-state index is -1.41. The van der Waals surface area contributed by atoms with Crippen LogP contribution in [0.15, 0.2) is 42.5 Å². The van der Waals surface area contributed by atoms with Crippen molar-refractivity contribution in [2.75, 3.05) is 7.11 Å². The maximum absolute atomic E-state index is 12.4. The number of esters is 1. The molecule has 1 N–H and O–H groups in total. The van der Waals surface area contributed by atoms with Crippen molar-refractivity contribution in [2.45, 2.75) is 83.8 Å². The van der Waals surface area contributed by atoms with Gasteiger partial charge in [0.15, 0.2) is 11.8 Å². The summed E-state index contributed by atoms with van der Waals surface area (Å²) in [6.07, 6.45) is 14.1. The highest BCUT2D eigenvalue weighted by Gasteiger charge is 2.28. The molecule has 172 valence electrons. The SMILES string of the molecule is CCCCCCCCCCCC=CC(=O)C(NC(=O)OCc1ccccc1)C(=O)OC. The van der Waals surface area contributed by atoms with Gasteiger partial charge in [-0.1, -0.05) is 94.7 Å². The molecule has 0 aromatic heterocycles. The van der Waals surface area contributed by atoms with Crippen molar-refractivity contribution in [1.82, 2.24) is 5.32 Å². The lowest BCUT2D eigenvalue weighted by molar-refractivity contribution is -0.145. The van der Waals surface area contributed by atoms with Crippen LogP contribution in [0.2, 0.25) is 0 Å². The largest absolute Gasteiger partial charge is 0.467 e. The smallest absolute Gasteiger partial charge is 0.408 e. The molecule has 1 unspecified atom stereocenters. The number of ether oxygens (including phenoxy) is 2. The van der Waals surface area contributed by atoms with Crippen LogP contribution in [0.4, 0.5) is 4.79 Å². The Balaban J connectivity index is 2.31. The Bertz CT molecular complexity index is 672. The summed E-state index contributed by atoms with van der Waals surface area (Å²) in [6.45, 7) is 2.27. The monoisotopic (exact) mass is 431 g/mol. The molecule has 0 bridgehead atoms. The summed E-state index contributed by atoms with van der Waals surface area (Å²) in [7, 11) is 1.17. The molecule has 1 amide bonds. The fourth-order valence-electron chi connectivity index (χ4n) is 3.12. The van der Waals surface area contributed by atoms with Crippen LogP contribution in [0.25, 0.3) is 0 Å². The molecule has 0 aliphatic heterocycles. The molecule has 0 radical (unpaired) electrons. The third-order valence-electron chi connectivity index (χ3n) is 4.95. The maximum atomic E-state index is 12.4. The van der Waals surface area contributed by atoms with E-state index in [1.165, 1.54) is 58.1 Å². The summed E-state index contributed by atoms with van der Waals surface area (Å²) in [4.78, 5) is 36.3. The summed E-state index contributed by atoms with van der Waals surface area (Å²) in [6, 6.07) is 7.73. The zero-order chi connectivity index (χ0) is 22.7. The number of ketones is 1. The third-order valence-corrected chi connectivity index (χ3v) is 4.95. The number of methoxy groups -OCH3 is 1. The Hall–Kier alpha value is -2.63. The molecule has 0 aliphatic rings. The predicted molar refractivity (Wildman–Crippen MR) is 122 cm³/mol. The third kappa shape index (κ3) is 12.6. The summed E-state index contributed by atoms with van der Waals surface area (Å²) in [5.41, 5.74) is 0.805. The number of amides is 1. The van der Waals surface area contributed by atoms with E-state index in [2.05, 4.69) is 17.0 Å². The van der Waals surface area contributed by atoms with Gasteiger partial charge in [0.1, 0.15) is 6.61 Å². The number of rotatable bonds is 16. The number of hydrogen-bond acceptors (Lipinski definition) is 5. The number of allylic oxidation sites excluding steroid dienone is 1.